The smallest absolute Gasteiger partial charge is 0.114 e. The average molecular weight is 279 g/mol. The summed E-state index contributed by atoms with van der Waals surface area (Å²) in [5.74, 6) is 0. The van der Waals surface area contributed by atoms with Gasteiger partial charge in [0, 0.05) is 0 Å². The second-order valence-electron chi connectivity index (χ2n) is 4.30. The molecule has 0 aromatic carbocycles. The van der Waals surface area contributed by atoms with E-state index in [0.29, 0.717) is 0 Å². The zero-order valence-electron chi connectivity index (χ0n) is 10.0. The lowest BCUT2D eigenvalue weighted by molar-refractivity contribution is 0.688. The van der Waals surface area contributed by atoms with Crippen LogP contribution in [-0.4, -0.2) is 7.42 Å². The molecule has 14 heavy (non-hydrogen) atoms. The van der Waals surface area contributed by atoms with Crippen LogP contribution in [0.1, 0.15) is 65.2 Å². The van der Waals surface area contributed by atoms with Crippen LogP contribution in [0.25, 0.3) is 0 Å². The van der Waals surface area contributed by atoms with Gasteiger partial charge in [-0.15, -0.1) is 15.3 Å². The number of unbranched alkanes of at least 4 members (excludes halogenated alkanes) is 6. The minimum absolute atomic E-state index is 0.475. The highest BCUT2D eigenvalue weighted by Crippen LogP contribution is 2.16. The zero-order chi connectivity index (χ0) is 10.6. The van der Waals surface area contributed by atoms with Gasteiger partial charge in [-0.3, -0.25) is 0 Å². The van der Waals surface area contributed by atoms with Crippen LogP contribution >= 0.6 is 15.3 Å². The SMILES string of the molecule is CCCCCC[SiH](Br)CCCCCC. The molecule has 0 aliphatic rings. The summed E-state index contributed by atoms with van der Waals surface area (Å²) >= 11 is 3.92. The Hall–Kier alpha value is 0.697. The molecule has 0 nitrogen and oxygen atoms in total. The molecule has 0 bridgehead atoms. The third kappa shape index (κ3) is 10.8. The van der Waals surface area contributed by atoms with E-state index < -0.39 is 7.42 Å². The molecule has 0 aliphatic carbocycles. The van der Waals surface area contributed by atoms with Gasteiger partial charge in [0.15, 0.2) is 0 Å². The first-order valence-electron chi connectivity index (χ1n) is 6.45. The van der Waals surface area contributed by atoms with Gasteiger partial charge in [-0.05, 0) is 0 Å². The molecule has 0 fully saturated rings. The van der Waals surface area contributed by atoms with Crippen molar-refractivity contribution in [2.45, 2.75) is 77.3 Å². The van der Waals surface area contributed by atoms with E-state index in [1.165, 1.54) is 63.5 Å². The Morgan fingerprint density at radius 2 is 1.14 bits per heavy atom. The normalized spacial score (nSPS) is 11.1. The summed E-state index contributed by atoms with van der Waals surface area (Å²) in [4.78, 5) is 0. The molecule has 0 saturated carbocycles. The van der Waals surface area contributed by atoms with E-state index in [9.17, 15) is 0 Å². The lowest BCUT2D eigenvalue weighted by Crippen LogP contribution is -2.01. The van der Waals surface area contributed by atoms with Gasteiger partial charge in [0.25, 0.3) is 0 Å². The molecule has 0 N–H and O–H groups in total. The largest absolute Gasteiger partial charge is 0.131 e. The molecule has 0 radical (unpaired) electrons. The summed E-state index contributed by atoms with van der Waals surface area (Å²) in [5, 5.41) is 0. The summed E-state index contributed by atoms with van der Waals surface area (Å²) in [6.07, 6.45) is 11.5. The monoisotopic (exact) mass is 278 g/mol. The molecule has 86 valence electrons. The van der Waals surface area contributed by atoms with E-state index in [-0.39, 0.29) is 0 Å². The highest BCUT2D eigenvalue weighted by molar-refractivity contribution is 9.24. The maximum absolute atomic E-state index is 3.92. The maximum Gasteiger partial charge on any atom is 0.114 e. The molecule has 0 atom stereocenters. The zero-order valence-corrected chi connectivity index (χ0v) is 12.8. The van der Waals surface area contributed by atoms with Crippen LogP contribution in [0.5, 0.6) is 0 Å². The van der Waals surface area contributed by atoms with Gasteiger partial charge in [0.2, 0.25) is 0 Å². The molecule has 0 unspecified atom stereocenters. The van der Waals surface area contributed by atoms with E-state index in [0.717, 1.165) is 0 Å². The molecule has 0 saturated heterocycles. The van der Waals surface area contributed by atoms with Crippen LogP contribution in [-0.2, 0) is 0 Å². The lowest BCUT2D eigenvalue weighted by atomic mass is 10.2. The molecule has 0 amide bonds. The van der Waals surface area contributed by atoms with Crippen molar-refractivity contribution in [3.8, 4) is 0 Å². The van der Waals surface area contributed by atoms with Crippen LogP contribution in [0.3, 0.4) is 0 Å². The predicted molar refractivity (Wildman–Crippen MR) is 74.0 cm³/mol. The van der Waals surface area contributed by atoms with Crippen LogP contribution in [0, 0.1) is 0 Å². The summed E-state index contributed by atoms with van der Waals surface area (Å²) in [6.45, 7) is 4.57. The highest BCUT2D eigenvalue weighted by atomic mass is 79.9. The second kappa shape index (κ2) is 11.8. The molecule has 0 aromatic rings. The van der Waals surface area contributed by atoms with Crippen LogP contribution in [0.15, 0.2) is 0 Å². The topological polar surface area (TPSA) is 0 Å². The van der Waals surface area contributed by atoms with E-state index in [1.807, 2.05) is 0 Å². The van der Waals surface area contributed by atoms with Gasteiger partial charge in [-0.2, -0.15) is 0 Å². The van der Waals surface area contributed by atoms with Gasteiger partial charge in [0.1, 0.15) is 7.42 Å². The maximum atomic E-state index is 3.92. The first-order chi connectivity index (χ1) is 6.81. The summed E-state index contributed by atoms with van der Waals surface area (Å²) in [5.41, 5.74) is 0. The summed E-state index contributed by atoms with van der Waals surface area (Å²) in [6, 6.07) is 3.04. The molecule has 0 aliphatic heterocycles. The van der Waals surface area contributed by atoms with E-state index in [2.05, 4.69) is 29.1 Å². The van der Waals surface area contributed by atoms with Crippen molar-refractivity contribution in [3.05, 3.63) is 0 Å². The molecule has 0 aromatic heterocycles. The quantitative estimate of drug-likeness (QED) is 0.290. The molecule has 0 rings (SSSR count). The van der Waals surface area contributed by atoms with Crippen molar-refractivity contribution < 1.29 is 0 Å². The molecular weight excluding hydrogens is 252 g/mol. The van der Waals surface area contributed by atoms with E-state index in [4.69, 9.17) is 0 Å². The van der Waals surface area contributed by atoms with Crippen molar-refractivity contribution in [1.82, 2.24) is 0 Å². The van der Waals surface area contributed by atoms with Crippen LogP contribution in [0.2, 0.25) is 12.1 Å². The van der Waals surface area contributed by atoms with Gasteiger partial charge in [0.05, 0.1) is 0 Å². The average Bonchev–Trinajstić information content (AvgIpc) is 2.19. The third-order valence-corrected chi connectivity index (χ3v) is 7.56. The summed E-state index contributed by atoms with van der Waals surface area (Å²) < 4.78 is 0. The molecule has 0 spiro atoms. The fourth-order valence-electron chi connectivity index (χ4n) is 1.73. The number of hydrogen-bond acceptors (Lipinski definition) is 0. The highest BCUT2D eigenvalue weighted by Gasteiger charge is 2.05. The number of hydrogen-bond donors (Lipinski definition) is 0. The second-order valence-corrected chi connectivity index (χ2v) is 10.5. The van der Waals surface area contributed by atoms with Crippen molar-refractivity contribution in [2.75, 3.05) is 0 Å². The van der Waals surface area contributed by atoms with Crippen molar-refractivity contribution in [2.24, 2.45) is 0 Å². The Morgan fingerprint density at radius 3 is 1.50 bits per heavy atom. The van der Waals surface area contributed by atoms with Gasteiger partial charge < -0.3 is 0 Å². The molecule has 0 heterocycles. The van der Waals surface area contributed by atoms with E-state index >= 15 is 0 Å². The minimum atomic E-state index is -0.475. The number of halogens is 1. The van der Waals surface area contributed by atoms with E-state index in [1.54, 1.807) is 0 Å². The fraction of sp³-hybridized carbons (Fsp3) is 1.00. The Bertz CT molecular complexity index is 94.5. The predicted octanol–water partition coefficient (Wildman–Crippen LogP) is 5.27. The van der Waals surface area contributed by atoms with Crippen molar-refractivity contribution in [3.63, 3.8) is 0 Å². The standard InChI is InChI=1S/C12H27BrSi/c1-3-5-7-9-11-14(13)12-10-8-6-4-2/h14H,3-12H2,1-2H3. The summed E-state index contributed by atoms with van der Waals surface area (Å²) in [7, 11) is -0.475. The third-order valence-electron chi connectivity index (χ3n) is 2.74. The van der Waals surface area contributed by atoms with Gasteiger partial charge >= 0.3 is 0 Å². The Balaban J connectivity index is 3.07. The molecule has 2 heteroatoms. The van der Waals surface area contributed by atoms with Crippen molar-refractivity contribution in [1.29, 1.82) is 0 Å². The fourth-order valence-corrected chi connectivity index (χ4v) is 5.42. The van der Waals surface area contributed by atoms with Crippen LogP contribution < -0.4 is 0 Å². The first-order valence-corrected chi connectivity index (χ1v) is 11.3. The Labute approximate surface area is 100 Å². The van der Waals surface area contributed by atoms with Gasteiger partial charge in [-0.1, -0.05) is 77.3 Å². The lowest BCUT2D eigenvalue weighted by Gasteiger charge is -2.07. The first kappa shape index (κ1) is 14.7. The Morgan fingerprint density at radius 1 is 0.714 bits per heavy atom. The molecular formula is C12H27BrSi. The Kier molecular flexibility index (Phi) is 12.4. The number of rotatable bonds is 10. The van der Waals surface area contributed by atoms with Gasteiger partial charge in [-0.25, -0.2) is 0 Å². The van der Waals surface area contributed by atoms with Crippen molar-refractivity contribution >= 4 is 22.7 Å². The minimum Gasteiger partial charge on any atom is -0.131 e. The van der Waals surface area contributed by atoms with Crippen LogP contribution in [0.4, 0.5) is 0 Å².